The Morgan fingerprint density at radius 1 is 1.24 bits per heavy atom. The van der Waals surface area contributed by atoms with Crippen molar-refractivity contribution in [2.24, 2.45) is 0 Å². The number of nitrogens with zero attached hydrogens (tertiary/aromatic N) is 1. The molecule has 0 atom stereocenters. The number of nitro groups is 1. The van der Waals surface area contributed by atoms with Gasteiger partial charge in [-0.05, 0) is 24.3 Å². The minimum Gasteiger partial charge on any atom is -0.316 e. The summed E-state index contributed by atoms with van der Waals surface area (Å²) >= 11 is 3.07. The number of nitro benzene ring substituents is 1. The highest BCUT2D eigenvalue weighted by molar-refractivity contribution is 9.10. The second-order valence-corrected chi connectivity index (χ2v) is 4.89. The predicted octanol–water partition coefficient (Wildman–Crippen LogP) is 3.89. The van der Waals surface area contributed by atoms with Gasteiger partial charge in [-0.1, -0.05) is 22.0 Å². The molecule has 2 rings (SSSR count). The van der Waals surface area contributed by atoms with Crippen LogP contribution in [0.5, 0.6) is 0 Å². The monoisotopic (exact) mass is 356 g/mol. The van der Waals surface area contributed by atoms with E-state index in [-0.39, 0.29) is 11.4 Å². The summed E-state index contributed by atoms with van der Waals surface area (Å²) in [5.41, 5.74) is -1.02. The van der Waals surface area contributed by atoms with Crippen LogP contribution in [0.15, 0.2) is 40.9 Å². The first kappa shape index (κ1) is 15.0. The normalized spacial score (nSPS) is 10.2. The predicted molar refractivity (Wildman–Crippen MR) is 75.1 cm³/mol. The van der Waals surface area contributed by atoms with E-state index in [9.17, 15) is 23.7 Å². The van der Waals surface area contributed by atoms with E-state index in [1.165, 1.54) is 24.3 Å². The maximum absolute atomic E-state index is 13.5. The Balaban J connectivity index is 2.36. The summed E-state index contributed by atoms with van der Waals surface area (Å²) in [6.45, 7) is 0. The Hall–Kier alpha value is -2.35. The molecule has 0 spiro atoms. The number of anilines is 1. The molecule has 0 heterocycles. The van der Waals surface area contributed by atoms with Crippen molar-refractivity contribution in [1.29, 1.82) is 0 Å². The van der Waals surface area contributed by atoms with Gasteiger partial charge in [-0.2, -0.15) is 0 Å². The van der Waals surface area contributed by atoms with Gasteiger partial charge in [-0.15, -0.1) is 0 Å². The zero-order valence-corrected chi connectivity index (χ0v) is 11.9. The highest BCUT2D eigenvalue weighted by atomic mass is 79.9. The molecule has 0 saturated heterocycles. The molecule has 1 amide bonds. The van der Waals surface area contributed by atoms with Gasteiger partial charge in [0.15, 0.2) is 11.6 Å². The van der Waals surface area contributed by atoms with E-state index < -0.39 is 28.0 Å². The summed E-state index contributed by atoms with van der Waals surface area (Å²) < 4.78 is 27.0. The van der Waals surface area contributed by atoms with Crippen LogP contribution >= 0.6 is 15.9 Å². The van der Waals surface area contributed by atoms with Gasteiger partial charge >= 0.3 is 0 Å². The minimum absolute atomic E-state index is 0.114. The third-order valence-electron chi connectivity index (χ3n) is 2.60. The molecular weight excluding hydrogens is 350 g/mol. The van der Waals surface area contributed by atoms with E-state index in [4.69, 9.17) is 0 Å². The number of halogens is 3. The first-order valence-corrected chi connectivity index (χ1v) is 6.38. The Morgan fingerprint density at radius 3 is 2.62 bits per heavy atom. The largest absolute Gasteiger partial charge is 0.316 e. The van der Waals surface area contributed by atoms with Crippen molar-refractivity contribution in [3.8, 4) is 0 Å². The fourth-order valence-corrected chi connectivity index (χ4v) is 1.98. The van der Waals surface area contributed by atoms with Crippen molar-refractivity contribution >= 4 is 33.2 Å². The lowest BCUT2D eigenvalue weighted by atomic mass is 10.2. The van der Waals surface area contributed by atoms with Crippen molar-refractivity contribution < 1.29 is 18.5 Å². The molecule has 0 radical (unpaired) electrons. The summed E-state index contributed by atoms with van der Waals surface area (Å²) in [7, 11) is 0. The highest BCUT2D eigenvalue weighted by Gasteiger charge is 2.20. The molecule has 0 aromatic heterocycles. The molecule has 0 fully saturated rings. The summed E-state index contributed by atoms with van der Waals surface area (Å²) in [5.74, 6) is -3.46. The van der Waals surface area contributed by atoms with E-state index in [2.05, 4.69) is 21.2 Å². The van der Waals surface area contributed by atoms with Gasteiger partial charge in [-0.25, -0.2) is 8.78 Å². The third-order valence-corrected chi connectivity index (χ3v) is 3.09. The fraction of sp³-hybridized carbons (Fsp3) is 0. The second kappa shape index (κ2) is 5.96. The molecule has 2 aromatic rings. The molecule has 2 aromatic carbocycles. The average Bonchev–Trinajstić information content (AvgIpc) is 2.43. The Kier molecular flexibility index (Phi) is 4.27. The number of carbonyl (C=O) groups is 1. The van der Waals surface area contributed by atoms with Crippen LogP contribution in [0.2, 0.25) is 0 Å². The topological polar surface area (TPSA) is 72.2 Å². The number of hydrogen-bond donors (Lipinski definition) is 1. The molecule has 1 N–H and O–H groups in total. The zero-order chi connectivity index (χ0) is 15.6. The molecule has 0 aliphatic carbocycles. The number of rotatable bonds is 3. The van der Waals surface area contributed by atoms with E-state index in [1.54, 1.807) is 0 Å². The summed E-state index contributed by atoms with van der Waals surface area (Å²) in [6, 6.07) is 7.08. The molecule has 21 heavy (non-hydrogen) atoms. The molecular formula is C13H7BrF2N2O3. The zero-order valence-electron chi connectivity index (χ0n) is 10.3. The van der Waals surface area contributed by atoms with Crippen LogP contribution in [-0.2, 0) is 0 Å². The average molecular weight is 357 g/mol. The molecule has 0 aliphatic heterocycles. The molecule has 0 bridgehead atoms. The molecule has 0 saturated carbocycles. The Morgan fingerprint density at radius 2 is 1.95 bits per heavy atom. The third kappa shape index (κ3) is 3.22. The van der Waals surface area contributed by atoms with Gasteiger partial charge in [-0.3, -0.25) is 14.9 Å². The number of hydrogen-bond acceptors (Lipinski definition) is 3. The first-order valence-electron chi connectivity index (χ1n) is 5.59. The van der Waals surface area contributed by atoms with Crippen LogP contribution < -0.4 is 5.32 Å². The van der Waals surface area contributed by atoms with Gasteiger partial charge in [0, 0.05) is 10.5 Å². The number of amides is 1. The number of benzene rings is 2. The maximum Gasteiger partial charge on any atom is 0.293 e. The van der Waals surface area contributed by atoms with Crippen molar-refractivity contribution in [3.63, 3.8) is 0 Å². The smallest absolute Gasteiger partial charge is 0.293 e. The lowest BCUT2D eigenvalue weighted by molar-refractivity contribution is -0.384. The van der Waals surface area contributed by atoms with Crippen molar-refractivity contribution in [3.05, 3.63) is 68.2 Å². The second-order valence-electron chi connectivity index (χ2n) is 3.97. The Bertz CT molecular complexity index is 737. The van der Waals surface area contributed by atoms with Gasteiger partial charge < -0.3 is 5.32 Å². The van der Waals surface area contributed by atoms with Crippen LogP contribution in [0.25, 0.3) is 0 Å². The molecule has 0 unspecified atom stereocenters. The van der Waals surface area contributed by atoms with E-state index in [1.807, 2.05) is 0 Å². The Labute approximate surface area is 125 Å². The summed E-state index contributed by atoms with van der Waals surface area (Å²) in [6.07, 6.45) is 0. The highest BCUT2D eigenvalue weighted by Crippen LogP contribution is 2.28. The van der Waals surface area contributed by atoms with Crippen molar-refractivity contribution in [2.75, 3.05) is 5.32 Å². The molecule has 108 valence electrons. The molecule has 5 nitrogen and oxygen atoms in total. The quantitative estimate of drug-likeness (QED) is 0.669. The van der Waals surface area contributed by atoms with Crippen LogP contribution in [-0.4, -0.2) is 10.8 Å². The van der Waals surface area contributed by atoms with E-state index >= 15 is 0 Å². The summed E-state index contributed by atoms with van der Waals surface area (Å²) in [4.78, 5) is 22.1. The molecule has 0 aliphatic rings. The lowest BCUT2D eigenvalue weighted by Gasteiger charge is -2.07. The maximum atomic E-state index is 13.5. The number of nitrogens with one attached hydrogen (secondary N) is 1. The van der Waals surface area contributed by atoms with Crippen LogP contribution in [0.1, 0.15) is 10.4 Å². The van der Waals surface area contributed by atoms with Crippen LogP contribution in [0.4, 0.5) is 20.2 Å². The van der Waals surface area contributed by atoms with Crippen LogP contribution in [0.3, 0.4) is 0 Å². The van der Waals surface area contributed by atoms with Crippen LogP contribution in [0, 0.1) is 21.7 Å². The first-order chi connectivity index (χ1) is 9.90. The van der Waals surface area contributed by atoms with Gasteiger partial charge in [0.25, 0.3) is 11.6 Å². The minimum atomic E-state index is -1.31. The van der Waals surface area contributed by atoms with E-state index in [0.29, 0.717) is 4.47 Å². The van der Waals surface area contributed by atoms with Gasteiger partial charge in [0.05, 0.1) is 10.5 Å². The lowest BCUT2D eigenvalue weighted by Crippen LogP contribution is -2.15. The molecule has 8 heteroatoms. The summed E-state index contributed by atoms with van der Waals surface area (Å²) in [5, 5.41) is 13.1. The SMILES string of the molecule is O=C(Nc1ccc(Br)cc1[N+](=O)[O-])c1cccc(F)c1F. The van der Waals surface area contributed by atoms with Crippen molar-refractivity contribution in [2.45, 2.75) is 0 Å². The fourth-order valence-electron chi connectivity index (χ4n) is 1.63. The standard InChI is InChI=1S/C13H7BrF2N2O3/c14-7-4-5-10(11(6-7)18(20)21)17-13(19)8-2-1-3-9(15)12(8)16/h1-6H,(H,17,19). The van der Waals surface area contributed by atoms with Gasteiger partial charge in [0.1, 0.15) is 5.69 Å². The number of carbonyl (C=O) groups excluding carboxylic acids is 1. The van der Waals surface area contributed by atoms with Gasteiger partial charge in [0.2, 0.25) is 0 Å². The van der Waals surface area contributed by atoms with E-state index in [0.717, 1.165) is 12.1 Å². The van der Waals surface area contributed by atoms with Crippen molar-refractivity contribution in [1.82, 2.24) is 0 Å².